The van der Waals surface area contributed by atoms with Gasteiger partial charge in [0.05, 0.1) is 5.41 Å². The summed E-state index contributed by atoms with van der Waals surface area (Å²) >= 11 is 12.6. The van der Waals surface area contributed by atoms with Crippen molar-refractivity contribution >= 4 is 34.8 Å². The molecule has 160 valence electrons. The first-order chi connectivity index (χ1) is 15.1. The third-order valence-corrected chi connectivity index (χ3v) is 6.50. The van der Waals surface area contributed by atoms with Gasteiger partial charge in [-0.3, -0.25) is 4.79 Å². The SMILES string of the molecule is O=C(Nc1ccc(OCc2ccccc2)cc1)C1(c2ccc(Cl)cc2Cl)CCCCC1. The van der Waals surface area contributed by atoms with Crippen molar-refractivity contribution in [2.45, 2.75) is 44.1 Å². The number of rotatable bonds is 6. The molecule has 0 bridgehead atoms. The molecular weight excluding hydrogens is 429 g/mol. The van der Waals surface area contributed by atoms with E-state index in [0.29, 0.717) is 16.7 Å². The van der Waals surface area contributed by atoms with Gasteiger partial charge in [0.25, 0.3) is 0 Å². The lowest BCUT2D eigenvalue weighted by molar-refractivity contribution is -0.122. The summed E-state index contributed by atoms with van der Waals surface area (Å²) in [6.45, 7) is 0.505. The standard InChI is InChI=1S/C26H25Cl2NO2/c27-20-9-14-23(24(28)17-20)26(15-5-2-6-16-26)25(30)29-21-10-12-22(13-11-21)31-18-19-7-3-1-4-8-19/h1,3-4,7-14,17H,2,5-6,15-16,18H2,(H,29,30). The zero-order valence-electron chi connectivity index (χ0n) is 17.2. The van der Waals surface area contributed by atoms with Crippen LogP contribution < -0.4 is 10.1 Å². The first kappa shape index (κ1) is 21.7. The molecule has 0 aliphatic heterocycles. The maximum Gasteiger partial charge on any atom is 0.235 e. The molecule has 0 atom stereocenters. The Labute approximate surface area is 193 Å². The van der Waals surface area contributed by atoms with E-state index in [1.165, 1.54) is 0 Å². The van der Waals surface area contributed by atoms with Crippen molar-refractivity contribution in [1.82, 2.24) is 0 Å². The van der Waals surface area contributed by atoms with Crippen LogP contribution in [0.25, 0.3) is 0 Å². The lowest BCUT2D eigenvalue weighted by atomic mass is 9.68. The molecule has 1 aliphatic carbocycles. The zero-order valence-corrected chi connectivity index (χ0v) is 18.8. The quantitative estimate of drug-likeness (QED) is 0.421. The fourth-order valence-corrected chi connectivity index (χ4v) is 4.87. The predicted octanol–water partition coefficient (Wildman–Crippen LogP) is 7.41. The average Bonchev–Trinajstić information content (AvgIpc) is 2.80. The Morgan fingerprint density at radius 1 is 0.903 bits per heavy atom. The number of ether oxygens (including phenoxy) is 1. The van der Waals surface area contributed by atoms with Crippen molar-refractivity contribution in [2.75, 3.05) is 5.32 Å². The summed E-state index contributed by atoms with van der Waals surface area (Å²) in [5.74, 6) is 0.740. The van der Waals surface area contributed by atoms with E-state index in [-0.39, 0.29) is 5.91 Å². The van der Waals surface area contributed by atoms with Crippen LogP contribution in [0.2, 0.25) is 10.0 Å². The number of hydrogen-bond donors (Lipinski definition) is 1. The Kier molecular flexibility index (Phi) is 6.84. The van der Waals surface area contributed by atoms with Crippen molar-refractivity contribution in [3.05, 3.63) is 94.0 Å². The summed E-state index contributed by atoms with van der Waals surface area (Å²) < 4.78 is 5.84. The first-order valence-corrected chi connectivity index (χ1v) is 11.4. The molecule has 3 aromatic rings. The number of benzene rings is 3. The Balaban J connectivity index is 1.48. The molecule has 1 amide bonds. The molecule has 0 unspecified atom stereocenters. The minimum atomic E-state index is -0.637. The molecule has 1 fully saturated rings. The van der Waals surface area contributed by atoms with Crippen LogP contribution in [0.3, 0.4) is 0 Å². The Bertz CT molecular complexity index is 1030. The highest BCUT2D eigenvalue weighted by molar-refractivity contribution is 6.35. The van der Waals surface area contributed by atoms with Gasteiger partial charge in [-0.2, -0.15) is 0 Å². The fraction of sp³-hybridized carbons (Fsp3) is 0.269. The second-order valence-electron chi connectivity index (χ2n) is 8.02. The minimum Gasteiger partial charge on any atom is -0.489 e. The fourth-order valence-electron chi connectivity index (χ4n) is 4.28. The molecule has 31 heavy (non-hydrogen) atoms. The molecule has 1 saturated carbocycles. The highest BCUT2D eigenvalue weighted by Crippen LogP contribution is 2.44. The second-order valence-corrected chi connectivity index (χ2v) is 8.86. The minimum absolute atomic E-state index is 0.0191. The number of hydrogen-bond acceptors (Lipinski definition) is 2. The lowest BCUT2D eigenvalue weighted by Gasteiger charge is -2.37. The highest BCUT2D eigenvalue weighted by Gasteiger charge is 2.42. The van der Waals surface area contributed by atoms with Crippen LogP contribution in [0, 0.1) is 0 Å². The van der Waals surface area contributed by atoms with Gasteiger partial charge in [0.2, 0.25) is 5.91 Å². The Morgan fingerprint density at radius 2 is 1.61 bits per heavy atom. The molecule has 4 rings (SSSR count). The van der Waals surface area contributed by atoms with E-state index < -0.39 is 5.41 Å². The number of amides is 1. The molecule has 1 N–H and O–H groups in total. The van der Waals surface area contributed by atoms with Crippen LogP contribution in [0.1, 0.15) is 43.2 Å². The topological polar surface area (TPSA) is 38.3 Å². The number of halogens is 2. The molecule has 5 heteroatoms. The Morgan fingerprint density at radius 3 is 2.29 bits per heavy atom. The molecule has 3 nitrogen and oxygen atoms in total. The van der Waals surface area contributed by atoms with E-state index in [0.717, 1.165) is 54.7 Å². The summed E-state index contributed by atoms with van der Waals surface area (Å²) in [7, 11) is 0. The average molecular weight is 454 g/mol. The van der Waals surface area contributed by atoms with Crippen LogP contribution in [0.15, 0.2) is 72.8 Å². The second kappa shape index (κ2) is 9.76. The molecule has 0 spiro atoms. The van der Waals surface area contributed by atoms with Crippen molar-refractivity contribution < 1.29 is 9.53 Å². The zero-order chi connectivity index (χ0) is 21.7. The van der Waals surface area contributed by atoms with Gasteiger partial charge in [-0.05, 0) is 60.4 Å². The van der Waals surface area contributed by atoms with Crippen LogP contribution in [0.5, 0.6) is 5.75 Å². The third kappa shape index (κ3) is 5.06. The Hall–Kier alpha value is -2.49. The molecule has 3 aromatic carbocycles. The van der Waals surface area contributed by atoms with E-state index in [1.54, 1.807) is 6.07 Å². The maximum absolute atomic E-state index is 13.5. The summed E-state index contributed by atoms with van der Waals surface area (Å²) in [5, 5.41) is 4.23. The predicted molar refractivity (Wildman–Crippen MR) is 127 cm³/mol. The maximum atomic E-state index is 13.5. The summed E-state index contributed by atoms with van der Waals surface area (Å²) in [6, 6.07) is 23.0. The van der Waals surface area contributed by atoms with Gasteiger partial charge in [0, 0.05) is 15.7 Å². The van der Waals surface area contributed by atoms with Gasteiger partial charge >= 0.3 is 0 Å². The van der Waals surface area contributed by atoms with Gasteiger partial charge in [-0.1, -0.05) is 78.9 Å². The highest BCUT2D eigenvalue weighted by atomic mass is 35.5. The molecule has 1 aliphatic rings. The van der Waals surface area contributed by atoms with Crippen LogP contribution in [0.4, 0.5) is 5.69 Å². The van der Waals surface area contributed by atoms with E-state index in [4.69, 9.17) is 27.9 Å². The van der Waals surface area contributed by atoms with Crippen molar-refractivity contribution in [3.63, 3.8) is 0 Å². The lowest BCUT2D eigenvalue weighted by Crippen LogP contribution is -2.42. The number of carbonyl (C=O) groups is 1. The third-order valence-electron chi connectivity index (χ3n) is 5.95. The van der Waals surface area contributed by atoms with Crippen molar-refractivity contribution in [3.8, 4) is 5.75 Å². The molecular formula is C26H25Cl2NO2. The van der Waals surface area contributed by atoms with E-state index in [2.05, 4.69) is 5.32 Å². The number of anilines is 1. The summed E-state index contributed by atoms with van der Waals surface area (Å²) in [4.78, 5) is 13.5. The molecule has 0 saturated heterocycles. The van der Waals surface area contributed by atoms with Gasteiger partial charge < -0.3 is 10.1 Å². The van der Waals surface area contributed by atoms with Gasteiger partial charge in [0.15, 0.2) is 0 Å². The summed E-state index contributed by atoms with van der Waals surface area (Å²) in [6.07, 6.45) is 4.68. The van der Waals surface area contributed by atoms with E-state index in [9.17, 15) is 4.79 Å². The van der Waals surface area contributed by atoms with Crippen molar-refractivity contribution in [2.24, 2.45) is 0 Å². The van der Waals surface area contributed by atoms with Crippen LogP contribution in [-0.4, -0.2) is 5.91 Å². The number of carbonyl (C=O) groups excluding carboxylic acids is 1. The molecule has 0 aromatic heterocycles. The molecule has 0 radical (unpaired) electrons. The normalized spacial score (nSPS) is 15.3. The number of nitrogens with one attached hydrogen (secondary N) is 1. The van der Waals surface area contributed by atoms with Crippen LogP contribution >= 0.6 is 23.2 Å². The van der Waals surface area contributed by atoms with E-state index >= 15 is 0 Å². The monoisotopic (exact) mass is 453 g/mol. The largest absolute Gasteiger partial charge is 0.489 e. The van der Waals surface area contributed by atoms with Crippen LogP contribution in [-0.2, 0) is 16.8 Å². The smallest absolute Gasteiger partial charge is 0.235 e. The van der Waals surface area contributed by atoms with E-state index in [1.807, 2.05) is 66.7 Å². The van der Waals surface area contributed by atoms with Gasteiger partial charge in [0.1, 0.15) is 12.4 Å². The summed E-state index contributed by atoms with van der Waals surface area (Å²) in [5.41, 5.74) is 2.08. The van der Waals surface area contributed by atoms with Gasteiger partial charge in [-0.25, -0.2) is 0 Å². The first-order valence-electron chi connectivity index (χ1n) is 10.6. The van der Waals surface area contributed by atoms with Crippen molar-refractivity contribution in [1.29, 1.82) is 0 Å². The van der Waals surface area contributed by atoms with Gasteiger partial charge in [-0.15, -0.1) is 0 Å². The molecule has 0 heterocycles.